The molecule has 0 amide bonds. The maximum Gasteiger partial charge on any atom is 0.330 e. The Balaban J connectivity index is 2.64. The van der Waals surface area contributed by atoms with Gasteiger partial charge in [0, 0.05) is 18.5 Å². The van der Waals surface area contributed by atoms with Gasteiger partial charge in [-0.2, -0.15) is 0 Å². The van der Waals surface area contributed by atoms with Crippen LogP contribution >= 0.6 is 11.6 Å². The first kappa shape index (κ1) is 10.7. The van der Waals surface area contributed by atoms with Crippen LogP contribution in [0, 0.1) is 0 Å². The van der Waals surface area contributed by atoms with Crippen LogP contribution in [0.2, 0.25) is 5.02 Å². The molecule has 14 heavy (non-hydrogen) atoms. The van der Waals surface area contributed by atoms with Crippen LogP contribution in [0.3, 0.4) is 0 Å². The number of rotatable bonds is 3. The van der Waals surface area contributed by atoms with Crippen LogP contribution in [0.15, 0.2) is 24.5 Å². The van der Waals surface area contributed by atoms with E-state index in [9.17, 15) is 4.79 Å². The van der Waals surface area contributed by atoms with E-state index in [1.165, 1.54) is 12.3 Å². The van der Waals surface area contributed by atoms with E-state index in [0.717, 1.165) is 5.56 Å². The highest BCUT2D eigenvalue weighted by Crippen LogP contribution is 2.09. The third kappa shape index (κ3) is 3.58. The van der Waals surface area contributed by atoms with Crippen LogP contribution in [0.1, 0.15) is 12.5 Å². The summed E-state index contributed by atoms with van der Waals surface area (Å²) in [4.78, 5) is 14.8. The Hall–Kier alpha value is -1.35. The molecule has 3 nitrogen and oxygen atoms in total. The largest absolute Gasteiger partial charge is 0.463 e. The maximum atomic E-state index is 10.9. The summed E-state index contributed by atoms with van der Waals surface area (Å²) in [5, 5.41) is 0.538. The molecule has 0 atom stereocenters. The predicted octanol–water partition coefficient (Wildman–Crippen LogP) is 2.31. The van der Waals surface area contributed by atoms with Crippen molar-refractivity contribution in [2.24, 2.45) is 0 Å². The van der Waals surface area contributed by atoms with Gasteiger partial charge in [0.2, 0.25) is 0 Å². The molecule has 0 radical (unpaired) electrons. The van der Waals surface area contributed by atoms with Gasteiger partial charge in [0.15, 0.2) is 0 Å². The zero-order valence-corrected chi connectivity index (χ0v) is 8.49. The number of aromatic nitrogens is 1. The fourth-order valence-electron chi connectivity index (χ4n) is 0.874. The van der Waals surface area contributed by atoms with E-state index in [2.05, 4.69) is 4.98 Å². The Bertz CT molecular complexity index is 350. The van der Waals surface area contributed by atoms with Gasteiger partial charge in [-0.15, -0.1) is 0 Å². The molecule has 4 heteroatoms. The number of carbonyl (C=O) groups is 1. The molecule has 1 heterocycles. The minimum absolute atomic E-state index is 0.368. The summed E-state index contributed by atoms with van der Waals surface area (Å²) in [5.74, 6) is -0.368. The van der Waals surface area contributed by atoms with Crippen molar-refractivity contribution in [1.29, 1.82) is 0 Å². The summed E-state index contributed by atoms with van der Waals surface area (Å²) < 4.78 is 4.71. The van der Waals surface area contributed by atoms with Crippen molar-refractivity contribution in [3.63, 3.8) is 0 Å². The minimum atomic E-state index is -0.368. The Morgan fingerprint density at radius 3 is 3.07 bits per heavy atom. The average Bonchev–Trinajstić information content (AvgIpc) is 2.15. The molecule has 1 rings (SSSR count). The van der Waals surface area contributed by atoms with Crippen molar-refractivity contribution in [1.82, 2.24) is 4.98 Å². The number of ether oxygens (including phenoxy) is 1. The second-order valence-electron chi connectivity index (χ2n) is 2.52. The van der Waals surface area contributed by atoms with Crippen LogP contribution in [0.25, 0.3) is 6.08 Å². The Morgan fingerprint density at radius 2 is 2.43 bits per heavy atom. The molecule has 0 unspecified atom stereocenters. The molecule has 0 spiro atoms. The number of esters is 1. The average molecular weight is 212 g/mol. The molecule has 0 aliphatic rings. The summed E-state index contributed by atoms with van der Waals surface area (Å²) in [7, 11) is 0. The molecule has 0 aliphatic carbocycles. The number of nitrogens with zero attached hydrogens (tertiary/aromatic N) is 1. The molecule has 0 bridgehead atoms. The first-order valence-corrected chi connectivity index (χ1v) is 4.55. The Morgan fingerprint density at radius 1 is 1.64 bits per heavy atom. The second-order valence-corrected chi connectivity index (χ2v) is 2.96. The van der Waals surface area contributed by atoms with Gasteiger partial charge in [-0.3, -0.25) is 4.98 Å². The lowest BCUT2D eigenvalue weighted by atomic mass is 10.2. The molecule has 0 fully saturated rings. The number of carbonyl (C=O) groups excluding carboxylic acids is 1. The van der Waals surface area contributed by atoms with Gasteiger partial charge in [0.05, 0.1) is 11.6 Å². The van der Waals surface area contributed by atoms with Gasteiger partial charge in [-0.1, -0.05) is 11.6 Å². The molecule has 0 aliphatic heterocycles. The smallest absolute Gasteiger partial charge is 0.330 e. The van der Waals surface area contributed by atoms with Crippen LogP contribution in [0.4, 0.5) is 0 Å². The van der Waals surface area contributed by atoms with E-state index >= 15 is 0 Å². The van der Waals surface area contributed by atoms with Gasteiger partial charge in [0.1, 0.15) is 0 Å². The number of pyridine rings is 1. The van der Waals surface area contributed by atoms with Crippen molar-refractivity contribution in [2.75, 3.05) is 6.61 Å². The molecular formula is C10H10ClNO2. The van der Waals surface area contributed by atoms with Gasteiger partial charge in [-0.05, 0) is 24.6 Å². The van der Waals surface area contributed by atoms with Crippen LogP contribution in [-0.2, 0) is 9.53 Å². The van der Waals surface area contributed by atoms with Gasteiger partial charge < -0.3 is 4.74 Å². The summed E-state index contributed by atoms with van der Waals surface area (Å²) in [6, 6.07) is 1.71. The Labute approximate surface area is 87.4 Å². The summed E-state index contributed by atoms with van der Waals surface area (Å²) in [5.41, 5.74) is 0.769. The summed E-state index contributed by atoms with van der Waals surface area (Å²) in [6.45, 7) is 2.13. The van der Waals surface area contributed by atoms with Crippen LogP contribution in [-0.4, -0.2) is 17.6 Å². The van der Waals surface area contributed by atoms with Crippen LogP contribution < -0.4 is 0 Å². The van der Waals surface area contributed by atoms with E-state index in [1.807, 2.05) is 0 Å². The van der Waals surface area contributed by atoms with Crippen molar-refractivity contribution in [3.05, 3.63) is 35.1 Å². The summed E-state index contributed by atoms with van der Waals surface area (Å²) in [6.07, 6.45) is 6.10. The topological polar surface area (TPSA) is 39.2 Å². The molecule has 0 saturated carbocycles. The van der Waals surface area contributed by atoms with E-state index in [-0.39, 0.29) is 5.97 Å². The Kier molecular flexibility index (Phi) is 4.13. The highest BCUT2D eigenvalue weighted by atomic mass is 35.5. The molecule has 0 aromatic carbocycles. The number of hydrogen-bond donors (Lipinski definition) is 0. The molecule has 0 N–H and O–H groups in total. The quantitative estimate of drug-likeness (QED) is 0.569. The standard InChI is InChI=1S/C10H10ClNO2/c1-2-14-10(13)4-3-8-5-9(11)7-12-6-8/h3-7H,2H2,1H3. The fraction of sp³-hybridized carbons (Fsp3) is 0.200. The minimum Gasteiger partial charge on any atom is -0.463 e. The van der Waals surface area contributed by atoms with E-state index in [4.69, 9.17) is 16.3 Å². The molecule has 1 aromatic heterocycles. The van der Waals surface area contributed by atoms with Gasteiger partial charge in [0.25, 0.3) is 0 Å². The first-order valence-electron chi connectivity index (χ1n) is 4.17. The van der Waals surface area contributed by atoms with Crippen molar-refractivity contribution in [2.45, 2.75) is 6.92 Å². The zero-order valence-electron chi connectivity index (χ0n) is 7.74. The lowest BCUT2D eigenvalue weighted by Crippen LogP contribution is -1.98. The molecule has 0 saturated heterocycles. The molecular weight excluding hydrogens is 202 g/mol. The van der Waals surface area contributed by atoms with Gasteiger partial charge in [-0.25, -0.2) is 4.79 Å². The van der Waals surface area contributed by atoms with E-state index in [0.29, 0.717) is 11.6 Å². The molecule has 74 valence electrons. The van der Waals surface area contributed by atoms with E-state index < -0.39 is 0 Å². The second kappa shape index (κ2) is 5.40. The lowest BCUT2D eigenvalue weighted by molar-refractivity contribution is -0.137. The maximum absolute atomic E-state index is 10.9. The summed E-state index contributed by atoms with van der Waals surface area (Å²) >= 11 is 5.71. The highest BCUT2D eigenvalue weighted by molar-refractivity contribution is 6.30. The first-order chi connectivity index (χ1) is 6.72. The van der Waals surface area contributed by atoms with Crippen molar-refractivity contribution < 1.29 is 9.53 Å². The highest BCUT2D eigenvalue weighted by Gasteiger charge is 1.94. The molecule has 1 aromatic rings. The third-order valence-electron chi connectivity index (χ3n) is 1.42. The van der Waals surface area contributed by atoms with Gasteiger partial charge >= 0.3 is 5.97 Å². The SMILES string of the molecule is CCOC(=O)C=Cc1cncc(Cl)c1. The van der Waals surface area contributed by atoms with Crippen LogP contribution in [0.5, 0.6) is 0 Å². The lowest BCUT2D eigenvalue weighted by Gasteiger charge is -1.95. The fourth-order valence-corrected chi connectivity index (χ4v) is 1.06. The van der Waals surface area contributed by atoms with E-state index in [1.54, 1.807) is 25.3 Å². The number of hydrogen-bond acceptors (Lipinski definition) is 3. The monoisotopic (exact) mass is 211 g/mol. The number of halogens is 1. The predicted molar refractivity (Wildman–Crippen MR) is 54.9 cm³/mol. The third-order valence-corrected chi connectivity index (χ3v) is 1.63. The van der Waals surface area contributed by atoms with Crippen molar-refractivity contribution >= 4 is 23.6 Å². The normalized spacial score (nSPS) is 10.4. The zero-order chi connectivity index (χ0) is 10.4. The van der Waals surface area contributed by atoms with Crippen molar-refractivity contribution in [3.8, 4) is 0 Å².